The Balaban J connectivity index is 2.11. The third-order valence-electron chi connectivity index (χ3n) is 4.84. The van der Waals surface area contributed by atoms with Gasteiger partial charge in [-0.2, -0.15) is 0 Å². The SMILES string of the molecule is CN(C)C1CCC2C(O)CC(C)(C)C2C1. The average Bonchev–Trinajstić information content (AvgIpc) is 2.37. The van der Waals surface area contributed by atoms with Gasteiger partial charge in [0.25, 0.3) is 0 Å². The Hall–Kier alpha value is -0.0800. The van der Waals surface area contributed by atoms with E-state index < -0.39 is 0 Å². The van der Waals surface area contributed by atoms with Gasteiger partial charge >= 0.3 is 0 Å². The maximum atomic E-state index is 10.1. The second kappa shape index (κ2) is 3.74. The van der Waals surface area contributed by atoms with Crippen molar-refractivity contribution in [1.82, 2.24) is 4.90 Å². The van der Waals surface area contributed by atoms with Gasteiger partial charge in [0.05, 0.1) is 6.10 Å². The molecule has 2 rings (SSSR count). The first-order chi connectivity index (χ1) is 6.92. The predicted octanol–water partition coefficient (Wildman–Crippen LogP) is 2.12. The lowest BCUT2D eigenvalue weighted by molar-refractivity contribution is 0.0597. The molecule has 2 aliphatic rings. The number of hydrogen-bond acceptors (Lipinski definition) is 2. The molecule has 0 bridgehead atoms. The van der Waals surface area contributed by atoms with Gasteiger partial charge in [0, 0.05) is 6.04 Å². The molecule has 88 valence electrons. The zero-order valence-corrected chi connectivity index (χ0v) is 10.5. The summed E-state index contributed by atoms with van der Waals surface area (Å²) in [5.74, 6) is 1.31. The highest BCUT2D eigenvalue weighted by atomic mass is 16.3. The van der Waals surface area contributed by atoms with Crippen molar-refractivity contribution in [1.29, 1.82) is 0 Å². The van der Waals surface area contributed by atoms with Gasteiger partial charge in [0.2, 0.25) is 0 Å². The molecule has 2 aliphatic carbocycles. The van der Waals surface area contributed by atoms with Crippen LogP contribution in [0, 0.1) is 17.3 Å². The van der Waals surface area contributed by atoms with Crippen molar-refractivity contribution in [2.45, 2.75) is 51.7 Å². The van der Waals surface area contributed by atoms with Crippen LogP contribution in [0.5, 0.6) is 0 Å². The second-order valence-electron chi connectivity index (χ2n) is 6.46. The van der Waals surface area contributed by atoms with Crippen LogP contribution in [0.25, 0.3) is 0 Å². The Kier molecular flexibility index (Phi) is 2.85. The van der Waals surface area contributed by atoms with E-state index in [0.29, 0.717) is 11.3 Å². The summed E-state index contributed by atoms with van der Waals surface area (Å²) in [6.45, 7) is 4.66. The van der Waals surface area contributed by atoms with Gasteiger partial charge in [-0.3, -0.25) is 0 Å². The molecule has 0 aromatic rings. The van der Waals surface area contributed by atoms with Crippen LogP contribution in [0.1, 0.15) is 39.5 Å². The zero-order valence-electron chi connectivity index (χ0n) is 10.5. The van der Waals surface area contributed by atoms with Gasteiger partial charge in [0.1, 0.15) is 0 Å². The van der Waals surface area contributed by atoms with Crippen LogP contribution in [0.4, 0.5) is 0 Å². The first-order valence-electron chi connectivity index (χ1n) is 6.26. The molecule has 4 unspecified atom stereocenters. The van der Waals surface area contributed by atoms with Gasteiger partial charge in [-0.15, -0.1) is 0 Å². The molecular weight excluding hydrogens is 186 g/mol. The smallest absolute Gasteiger partial charge is 0.0576 e. The van der Waals surface area contributed by atoms with Crippen LogP contribution in [-0.2, 0) is 0 Å². The molecule has 2 nitrogen and oxygen atoms in total. The molecular formula is C13H25NO. The Morgan fingerprint density at radius 3 is 2.47 bits per heavy atom. The van der Waals surface area contributed by atoms with Gasteiger partial charge in [-0.1, -0.05) is 13.8 Å². The van der Waals surface area contributed by atoms with Crippen molar-refractivity contribution in [3.8, 4) is 0 Å². The lowest BCUT2D eigenvalue weighted by Crippen LogP contribution is -2.39. The minimum atomic E-state index is -0.0342. The molecule has 15 heavy (non-hydrogen) atoms. The maximum absolute atomic E-state index is 10.1. The highest BCUT2D eigenvalue weighted by Gasteiger charge is 2.49. The molecule has 0 saturated heterocycles. The van der Waals surface area contributed by atoms with Crippen LogP contribution in [-0.4, -0.2) is 36.2 Å². The first-order valence-corrected chi connectivity index (χ1v) is 6.26. The Bertz CT molecular complexity index is 237. The molecule has 2 saturated carbocycles. The van der Waals surface area contributed by atoms with Crippen molar-refractivity contribution < 1.29 is 5.11 Å². The molecule has 0 aromatic carbocycles. The second-order valence-corrected chi connectivity index (χ2v) is 6.46. The zero-order chi connectivity index (χ0) is 11.2. The number of fused-ring (bicyclic) bond motifs is 1. The third-order valence-corrected chi connectivity index (χ3v) is 4.84. The first kappa shape index (κ1) is 11.4. The van der Waals surface area contributed by atoms with E-state index in [4.69, 9.17) is 0 Å². The van der Waals surface area contributed by atoms with Crippen molar-refractivity contribution in [2.75, 3.05) is 14.1 Å². The summed E-state index contributed by atoms with van der Waals surface area (Å²) < 4.78 is 0. The topological polar surface area (TPSA) is 23.5 Å². The van der Waals surface area contributed by atoms with Gasteiger partial charge < -0.3 is 10.0 Å². The highest BCUT2D eigenvalue weighted by Crippen LogP contribution is 2.53. The molecule has 0 radical (unpaired) electrons. The molecule has 0 heterocycles. The van der Waals surface area contributed by atoms with E-state index >= 15 is 0 Å². The molecule has 1 N–H and O–H groups in total. The summed E-state index contributed by atoms with van der Waals surface area (Å²) in [6, 6.07) is 0.732. The number of aliphatic hydroxyl groups is 1. The summed E-state index contributed by atoms with van der Waals surface area (Å²) >= 11 is 0. The third kappa shape index (κ3) is 1.94. The lowest BCUT2D eigenvalue weighted by Gasteiger charge is -2.40. The van der Waals surface area contributed by atoms with Crippen LogP contribution < -0.4 is 0 Å². The molecule has 0 aliphatic heterocycles. The van der Waals surface area contributed by atoms with Crippen molar-refractivity contribution in [3.63, 3.8) is 0 Å². The van der Waals surface area contributed by atoms with Crippen molar-refractivity contribution in [2.24, 2.45) is 17.3 Å². The lowest BCUT2D eigenvalue weighted by atomic mass is 9.70. The number of nitrogens with zero attached hydrogens (tertiary/aromatic N) is 1. The Morgan fingerprint density at radius 2 is 1.87 bits per heavy atom. The predicted molar refractivity (Wildman–Crippen MR) is 62.7 cm³/mol. The van der Waals surface area contributed by atoms with Crippen LogP contribution in [0.3, 0.4) is 0 Å². The highest BCUT2D eigenvalue weighted by molar-refractivity contribution is 5.00. The molecule has 4 atom stereocenters. The molecule has 0 spiro atoms. The number of hydrogen-bond donors (Lipinski definition) is 1. The fourth-order valence-electron chi connectivity index (χ4n) is 3.84. The van der Waals surface area contributed by atoms with E-state index in [-0.39, 0.29) is 6.10 Å². The average molecular weight is 211 g/mol. The summed E-state index contributed by atoms with van der Waals surface area (Å²) in [5.41, 5.74) is 0.346. The minimum absolute atomic E-state index is 0.0342. The van der Waals surface area contributed by atoms with E-state index in [9.17, 15) is 5.11 Å². The number of aliphatic hydroxyl groups excluding tert-OH is 1. The summed E-state index contributed by atoms with van der Waals surface area (Å²) in [6.07, 6.45) is 4.73. The fourth-order valence-corrected chi connectivity index (χ4v) is 3.84. The van der Waals surface area contributed by atoms with Gasteiger partial charge in [-0.05, 0) is 57.0 Å². The Labute approximate surface area is 93.7 Å². The quantitative estimate of drug-likeness (QED) is 0.718. The maximum Gasteiger partial charge on any atom is 0.0576 e. The van der Waals surface area contributed by atoms with Gasteiger partial charge in [-0.25, -0.2) is 0 Å². The van der Waals surface area contributed by atoms with Crippen molar-refractivity contribution >= 4 is 0 Å². The van der Waals surface area contributed by atoms with E-state index in [1.165, 1.54) is 19.3 Å². The Morgan fingerprint density at radius 1 is 1.20 bits per heavy atom. The normalized spacial score (nSPS) is 44.4. The van der Waals surface area contributed by atoms with Crippen LogP contribution >= 0.6 is 0 Å². The van der Waals surface area contributed by atoms with Gasteiger partial charge in [0.15, 0.2) is 0 Å². The van der Waals surface area contributed by atoms with Crippen LogP contribution in [0.15, 0.2) is 0 Å². The summed E-state index contributed by atoms with van der Waals surface area (Å²) in [5, 5.41) is 10.1. The van der Waals surface area contributed by atoms with E-state index in [0.717, 1.165) is 18.4 Å². The molecule has 2 fully saturated rings. The molecule has 2 heteroatoms. The monoisotopic (exact) mass is 211 g/mol. The van der Waals surface area contributed by atoms with Crippen molar-refractivity contribution in [3.05, 3.63) is 0 Å². The van der Waals surface area contributed by atoms with E-state index in [1.54, 1.807) is 0 Å². The number of rotatable bonds is 1. The molecule has 0 aromatic heterocycles. The summed E-state index contributed by atoms with van der Waals surface area (Å²) in [7, 11) is 4.37. The van der Waals surface area contributed by atoms with E-state index in [1.807, 2.05) is 0 Å². The van der Waals surface area contributed by atoms with Crippen LogP contribution in [0.2, 0.25) is 0 Å². The van der Waals surface area contributed by atoms with E-state index in [2.05, 4.69) is 32.8 Å². The standard InChI is InChI=1S/C13H25NO/c1-13(2)8-12(15)10-6-5-9(14(3)4)7-11(10)13/h9-12,15H,5-8H2,1-4H3. The fraction of sp³-hybridized carbons (Fsp3) is 1.00. The largest absolute Gasteiger partial charge is 0.393 e. The minimum Gasteiger partial charge on any atom is -0.393 e. The summed E-state index contributed by atoms with van der Waals surface area (Å²) in [4.78, 5) is 2.36. The molecule has 0 amide bonds.